The van der Waals surface area contributed by atoms with E-state index in [1.165, 1.54) is 6.33 Å². The van der Waals surface area contributed by atoms with Crippen LogP contribution in [-0.4, -0.2) is 31.0 Å². The van der Waals surface area contributed by atoms with Crippen molar-refractivity contribution in [1.82, 2.24) is 24.8 Å². The van der Waals surface area contributed by atoms with Gasteiger partial charge in [-0.05, 0) is 29.8 Å². The van der Waals surface area contributed by atoms with Crippen molar-refractivity contribution in [2.24, 2.45) is 5.10 Å². The second-order valence-corrected chi connectivity index (χ2v) is 3.50. The summed E-state index contributed by atoms with van der Waals surface area (Å²) in [6.07, 6.45) is 6.65. The predicted octanol–water partition coefficient (Wildman–Crippen LogP) is 0.965. The predicted molar refractivity (Wildman–Crippen MR) is 66.2 cm³/mol. The summed E-state index contributed by atoms with van der Waals surface area (Å²) < 4.78 is 1.57. The third-order valence-electron chi connectivity index (χ3n) is 2.26. The molecule has 18 heavy (non-hydrogen) atoms. The summed E-state index contributed by atoms with van der Waals surface area (Å²) in [4.78, 5) is 3.93. The number of rotatable bonds is 3. The molecule has 0 spiro atoms. The van der Waals surface area contributed by atoms with Crippen LogP contribution < -0.4 is 5.43 Å². The molecule has 0 aromatic carbocycles. The molecule has 0 fully saturated rings. The molecule has 0 saturated heterocycles. The van der Waals surface area contributed by atoms with E-state index < -0.39 is 0 Å². The number of nitrogens with zero attached hydrogens (tertiary/aromatic N) is 6. The topological polar surface area (TPSA) is 80.4 Å². The van der Waals surface area contributed by atoms with Gasteiger partial charge in [0.2, 0.25) is 0 Å². The molecule has 0 bridgehead atoms. The molecule has 7 nitrogen and oxygen atoms in total. The zero-order valence-corrected chi connectivity index (χ0v) is 9.30. The third-order valence-corrected chi connectivity index (χ3v) is 2.26. The van der Waals surface area contributed by atoms with Gasteiger partial charge >= 0.3 is 0 Å². The molecule has 88 valence electrons. The van der Waals surface area contributed by atoms with Crippen LogP contribution in [0.3, 0.4) is 0 Å². The molecule has 0 unspecified atom stereocenters. The maximum absolute atomic E-state index is 4.22. The Balaban J connectivity index is 1.74. The van der Waals surface area contributed by atoms with E-state index in [4.69, 9.17) is 0 Å². The maximum Gasteiger partial charge on any atom is 0.177 e. The Hall–Kier alpha value is -2.83. The number of hydrogen-bond donors (Lipinski definition) is 1. The average molecular weight is 239 g/mol. The molecule has 0 aliphatic rings. The Bertz CT molecular complexity index is 674. The molecule has 0 radical (unpaired) electrons. The van der Waals surface area contributed by atoms with Gasteiger partial charge in [0.25, 0.3) is 0 Å². The molecule has 1 N–H and O–H groups in total. The zero-order chi connectivity index (χ0) is 12.2. The van der Waals surface area contributed by atoms with E-state index in [9.17, 15) is 0 Å². The van der Waals surface area contributed by atoms with E-state index in [2.05, 4.69) is 30.8 Å². The fraction of sp³-hybridized carbons (Fsp3) is 0. The summed E-state index contributed by atoms with van der Waals surface area (Å²) in [6, 6.07) is 7.32. The average Bonchev–Trinajstić information content (AvgIpc) is 2.87. The van der Waals surface area contributed by atoms with Crippen molar-refractivity contribution >= 4 is 17.7 Å². The van der Waals surface area contributed by atoms with Gasteiger partial charge in [0, 0.05) is 12.4 Å². The number of fused-ring (bicyclic) bond motifs is 1. The molecule has 0 amide bonds. The lowest BCUT2D eigenvalue weighted by atomic mass is 10.3. The highest BCUT2D eigenvalue weighted by Gasteiger charge is 1.97. The summed E-state index contributed by atoms with van der Waals surface area (Å²) in [5.74, 6) is 0.618. The minimum Gasteiger partial charge on any atom is -0.265 e. The van der Waals surface area contributed by atoms with Crippen molar-refractivity contribution in [2.75, 3.05) is 5.43 Å². The standard InChI is InChI=1S/C11H9N7/c1-2-11-16-14-8-18(11)17-10(1)15-13-7-9-3-5-12-6-4-9/h1-8H,(H,15,17)/b13-7+. The Morgan fingerprint density at radius 3 is 2.94 bits per heavy atom. The molecule has 7 heteroatoms. The number of nitrogens with one attached hydrogen (secondary N) is 1. The Kier molecular flexibility index (Phi) is 2.63. The SMILES string of the molecule is C(=N\Nc1ccc2nncn2n1)/c1ccncc1. The zero-order valence-electron chi connectivity index (χ0n) is 9.30. The highest BCUT2D eigenvalue weighted by Crippen LogP contribution is 2.03. The van der Waals surface area contributed by atoms with E-state index in [0.29, 0.717) is 11.5 Å². The van der Waals surface area contributed by atoms with E-state index in [1.54, 1.807) is 29.2 Å². The van der Waals surface area contributed by atoms with Crippen LogP contribution in [0.1, 0.15) is 5.56 Å². The molecule has 3 aromatic rings. The normalized spacial score (nSPS) is 11.1. The van der Waals surface area contributed by atoms with Crippen LogP contribution in [-0.2, 0) is 0 Å². The quantitative estimate of drug-likeness (QED) is 0.544. The van der Waals surface area contributed by atoms with E-state index in [-0.39, 0.29) is 0 Å². The van der Waals surface area contributed by atoms with Gasteiger partial charge in [-0.15, -0.1) is 15.3 Å². The van der Waals surface area contributed by atoms with Gasteiger partial charge in [0.1, 0.15) is 6.33 Å². The van der Waals surface area contributed by atoms with Gasteiger partial charge in [-0.3, -0.25) is 10.4 Å². The minimum absolute atomic E-state index is 0.618. The summed E-state index contributed by atoms with van der Waals surface area (Å²) >= 11 is 0. The second kappa shape index (κ2) is 4.58. The van der Waals surface area contributed by atoms with Crippen LogP contribution >= 0.6 is 0 Å². The number of hydrazone groups is 1. The van der Waals surface area contributed by atoms with E-state index in [0.717, 1.165) is 5.56 Å². The first-order valence-corrected chi connectivity index (χ1v) is 5.28. The van der Waals surface area contributed by atoms with Crippen molar-refractivity contribution in [3.05, 3.63) is 48.5 Å². The van der Waals surface area contributed by atoms with Crippen LogP contribution in [0, 0.1) is 0 Å². The first-order chi connectivity index (χ1) is 8.92. The minimum atomic E-state index is 0.618. The molecule has 0 aliphatic carbocycles. The van der Waals surface area contributed by atoms with Gasteiger partial charge in [0.05, 0.1) is 6.21 Å². The van der Waals surface area contributed by atoms with Gasteiger partial charge in [-0.1, -0.05) is 0 Å². The molecule has 0 aliphatic heterocycles. The fourth-order valence-corrected chi connectivity index (χ4v) is 1.41. The summed E-state index contributed by atoms with van der Waals surface area (Å²) in [5.41, 5.74) is 4.49. The van der Waals surface area contributed by atoms with Gasteiger partial charge < -0.3 is 0 Å². The highest BCUT2D eigenvalue weighted by atomic mass is 15.4. The molecule has 3 heterocycles. The summed E-state index contributed by atoms with van der Waals surface area (Å²) in [6.45, 7) is 0. The van der Waals surface area contributed by atoms with Crippen molar-refractivity contribution in [2.45, 2.75) is 0 Å². The molecular weight excluding hydrogens is 230 g/mol. The molecular formula is C11H9N7. The Morgan fingerprint density at radius 1 is 1.17 bits per heavy atom. The number of pyridine rings is 1. The van der Waals surface area contributed by atoms with E-state index in [1.807, 2.05) is 18.2 Å². The van der Waals surface area contributed by atoms with Crippen molar-refractivity contribution in [1.29, 1.82) is 0 Å². The Morgan fingerprint density at radius 2 is 2.06 bits per heavy atom. The van der Waals surface area contributed by atoms with E-state index >= 15 is 0 Å². The summed E-state index contributed by atoms with van der Waals surface area (Å²) in [5, 5.41) is 15.9. The van der Waals surface area contributed by atoms with Crippen molar-refractivity contribution in [3.63, 3.8) is 0 Å². The molecule has 0 saturated carbocycles. The number of anilines is 1. The first-order valence-electron chi connectivity index (χ1n) is 5.28. The summed E-state index contributed by atoms with van der Waals surface area (Å²) in [7, 11) is 0. The molecule has 3 rings (SSSR count). The smallest absolute Gasteiger partial charge is 0.177 e. The van der Waals surface area contributed by atoms with Crippen LogP contribution in [0.4, 0.5) is 5.82 Å². The van der Waals surface area contributed by atoms with Gasteiger partial charge in [-0.2, -0.15) is 9.62 Å². The molecule has 3 aromatic heterocycles. The van der Waals surface area contributed by atoms with Crippen LogP contribution in [0.2, 0.25) is 0 Å². The lowest BCUT2D eigenvalue weighted by Gasteiger charge is -1.98. The van der Waals surface area contributed by atoms with Crippen LogP contribution in [0.15, 0.2) is 48.1 Å². The fourth-order valence-electron chi connectivity index (χ4n) is 1.41. The number of hydrogen-bond acceptors (Lipinski definition) is 6. The molecule has 0 atom stereocenters. The highest BCUT2D eigenvalue weighted by molar-refractivity contribution is 5.79. The largest absolute Gasteiger partial charge is 0.265 e. The third kappa shape index (κ3) is 2.14. The van der Waals surface area contributed by atoms with Crippen molar-refractivity contribution < 1.29 is 0 Å². The van der Waals surface area contributed by atoms with Crippen LogP contribution in [0.25, 0.3) is 5.65 Å². The number of aromatic nitrogens is 5. The Labute approximate surface area is 102 Å². The van der Waals surface area contributed by atoms with Gasteiger partial charge in [0.15, 0.2) is 11.5 Å². The maximum atomic E-state index is 4.22. The lowest BCUT2D eigenvalue weighted by molar-refractivity contribution is 0.925. The van der Waals surface area contributed by atoms with Gasteiger partial charge in [-0.25, -0.2) is 0 Å². The lowest BCUT2D eigenvalue weighted by Crippen LogP contribution is -1.98. The van der Waals surface area contributed by atoms with Crippen LogP contribution in [0.5, 0.6) is 0 Å². The monoisotopic (exact) mass is 239 g/mol. The second-order valence-electron chi connectivity index (χ2n) is 3.50. The first kappa shape index (κ1) is 10.3. The van der Waals surface area contributed by atoms with Crippen molar-refractivity contribution in [3.8, 4) is 0 Å².